The second-order valence-corrected chi connectivity index (χ2v) is 5.50. The normalized spacial score (nSPS) is 16.1. The zero-order valence-corrected chi connectivity index (χ0v) is 10.1. The Morgan fingerprint density at radius 2 is 1.12 bits per heavy atom. The van der Waals surface area contributed by atoms with Crippen molar-refractivity contribution in [1.82, 2.24) is 0 Å². The molecule has 0 aromatic heterocycles. The van der Waals surface area contributed by atoms with E-state index in [0.717, 1.165) is 0 Å². The molecule has 0 nitrogen and oxygen atoms in total. The van der Waals surface area contributed by atoms with Crippen LogP contribution in [-0.2, 0) is 5.41 Å². The monoisotopic (exact) mass is 218 g/mol. The van der Waals surface area contributed by atoms with Gasteiger partial charge in [0.2, 0.25) is 0 Å². The van der Waals surface area contributed by atoms with Crippen molar-refractivity contribution in [3.8, 4) is 0 Å². The molecule has 0 bridgehead atoms. The summed E-state index contributed by atoms with van der Waals surface area (Å²) in [5, 5.41) is 5.66. The summed E-state index contributed by atoms with van der Waals surface area (Å²) in [4.78, 5) is 0. The van der Waals surface area contributed by atoms with Crippen molar-refractivity contribution >= 4 is 21.5 Å². The molecule has 0 aliphatic heterocycles. The second-order valence-electron chi connectivity index (χ2n) is 5.50. The third-order valence-corrected chi connectivity index (χ3v) is 4.23. The van der Waals surface area contributed by atoms with E-state index in [4.69, 9.17) is 0 Å². The van der Waals surface area contributed by atoms with Gasteiger partial charge >= 0.3 is 0 Å². The van der Waals surface area contributed by atoms with Crippen LogP contribution in [0, 0.1) is 0 Å². The van der Waals surface area contributed by atoms with Crippen molar-refractivity contribution in [2.75, 3.05) is 0 Å². The molecule has 17 heavy (non-hydrogen) atoms. The van der Waals surface area contributed by atoms with Crippen LogP contribution < -0.4 is 0 Å². The van der Waals surface area contributed by atoms with E-state index in [-0.39, 0.29) is 5.41 Å². The van der Waals surface area contributed by atoms with Crippen LogP contribution in [0.15, 0.2) is 48.5 Å². The van der Waals surface area contributed by atoms with Crippen molar-refractivity contribution in [3.63, 3.8) is 0 Å². The van der Waals surface area contributed by atoms with E-state index in [1.807, 2.05) is 0 Å². The highest BCUT2D eigenvalue weighted by molar-refractivity contribution is 6.14. The number of benzene rings is 3. The predicted octanol–water partition coefficient (Wildman–Crippen LogP) is 4.63. The Hall–Kier alpha value is -1.82. The maximum absolute atomic E-state index is 2.33. The molecule has 0 N–H and O–H groups in total. The molecule has 0 saturated carbocycles. The molecule has 3 aromatic rings. The van der Waals surface area contributed by atoms with Crippen LogP contribution in [0.1, 0.15) is 25.0 Å². The summed E-state index contributed by atoms with van der Waals surface area (Å²) >= 11 is 0. The second kappa shape index (κ2) is 2.70. The molecule has 0 fully saturated rings. The summed E-state index contributed by atoms with van der Waals surface area (Å²) < 4.78 is 0. The van der Waals surface area contributed by atoms with Gasteiger partial charge in [0, 0.05) is 5.41 Å². The van der Waals surface area contributed by atoms with Crippen LogP contribution in [0.2, 0.25) is 0 Å². The van der Waals surface area contributed by atoms with Crippen LogP contribution in [-0.4, -0.2) is 0 Å². The maximum atomic E-state index is 2.33. The molecule has 1 aliphatic rings. The SMILES string of the molecule is CC1(C)c2cccc3ccc4cccc1c4c23. The molecule has 0 radical (unpaired) electrons. The van der Waals surface area contributed by atoms with Gasteiger partial charge in [-0.05, 0) is 32.7 Å². The van der Waals surface area contributed by atoms with Gasteiger partial charge in [0.25, 0.3) is 0 Å². The Balaban J connectivity index is 2.41. The third-order valence-electron chi connectivity index (χ3n) is 4.23. The van der Waals surface area contributed by atoms with Gasteiger partial charge < -0.3 is 0 Å². The number of hydrogen-bond donors (Lipinski definition) is 0. The molecule has 0 amide bonds. The molecule has 0 spiro atoms. The van der Waals surface area contributed by atoms with Crippen molar-refractivity contribution in [3.05, 3.63) is 59.7 Å². The molecular formula is C17H14. The third kappa shape index (κ3) is 0.945. The molecule has 82 valence electrons. The molecule has 0 unspecified atom stereocenters. The van der Waals surface area contributed by atoms with E-state index in [2.05, 4.69) is 62.4 Å². The van der Waals surface area contributed by atoms with Crippen LogP contribution >= 0.6 is 0 Å². The minimum absolute atomic E-state index is 0.142. The quantitative estimate of drug-likeness (QED) is 0.482. The van der Waals surface area contributed by atoms with Crippen LogP contribution in [0.25, 0.3) is 21.5 Å². The summed E-state index contributed by atoms with van der Waals surface area (Å²) in [6, 6.07) is 17.8. The zero-order valence-electron chi connectivity index (χ0n) is 10.1. The van der Waals surface area contributed by atoms with Crippen LogP contribution in [0.3, 0.4) is 0 Å². The van der Waals surface area contributed by atoms with Gasteiger partial charge in [-0.25, -0.2) is 0 Å². The van der Waals surface area contributed by atoms with Gasteiger partial charge in [-0.1, -0.05) is 62.4 Å². The van der Waals surface area contributed by atoms with Crippen molar-refractivity contribution < 1.29 is 0 Å². The highest BCUT2D eigenvalue weighted by Gasteiger charge is 2.33. The van der Waals surface area contributed by atoms with Gasteiger partial charge in [-0.3, -0.25) is 0 Å². The molecule has 0 atom stereocenters. The van der Waals surface area contributed by atoms with Crippen molar-refractivity contribution in [2.24, 2.45) is 0 Å². The Kier molecular flexibility index (Phi) is 1.47. The Labute approximate surface area is 101 Å². The number of hydrogen-bond acceptors (Lipinski definition) is 0. The fourth-order valence-corrected chi connectivity index (χ4v) is 3.34. The molecule has 0 heterocycles. The lowest BCUT2D eigenvalue weighted by Gasteiger charge is -2.21. The first-order valence-electron chi connectivity index (χ1n) is 6.15. The van der Waals surface area contributed by atoms with E-state index in [9.17, 15) is 0 Å². The van der Waals surface area contributed by atoms with Gasteiger partial charge in [-0.15, -0.1) is 0 Å². The zero-order chi connectivity index (χ0) is 11.6. The highest BCUT2D eigenvalue weighted by atomic mass is 14.4. The fraction of sp³-hybridized carbons (Fsp3) is 0.176. The highest BCUT2D eigenvalue weighted by Crippen LogP contribution is 2.48. The topological polar surface area (TPSA) is 0 Å². The Morgan fingerprint density at radius 1 is 0.647 bits per heavy atom. The minimum Gasteiger partial charge on any atom is -0.0613 e. The van der Waals surface area contributed by atoms with E-state index >= 15 is 0 Å². The molecule has 0 saturated heterocycles. The van der Waals surface area contributed by atoms with E-state index in [1.165, 1.54) is 32.7 Å². The minimum atomic E-state index is 0.142. The van der Waals surface area contributed by atoms with Crippen molar-refractivity contribution in [1.29, 1.82) is 0 Å². The first kappa shape index (κ1) is 9.23. The van der Waals surface area contributed by atoms with Gasteiger partial charge in [0.05, 0.1) is 0 Å². The van der Waals surface area contributed by atoms with Gasteiger partial charge in [0.15, 0.2) is 0 Å². The molecule has 1 aliphatic carbocycles. The first-order valence-corrected chi connectivity index (χ1v) is 6.15. The van der Waals surface area contributed by atoms with Crippen molar-refractivity contribution in [2.45, 2.75) is 19.3 Å². The fourth-order valence-electron chi connectivity index (χ4n) is 3.34. The molecule has 0 heteroatoms. The first-order chi connectivity index (χ1) is 8.19. The van der Waals surface area contributed by atoms with E-state index in [0.29, 0.717) is 0 Å². The summed E-state index contributed by atoms with van der Waals surface area (Å²) in [6.45, 7) is 4.66. The summed E-state index contributed by atoms with van der Waals surface area (Å²) in [5.41, 5.74) is 3.09. The van der Waals surface area contributed by atoms with Gasteiger partial charge in [0.1, 0.15) is 0 Å². The smallest absolute Gasteiger partial charge is 0.0159 e. The molecule has 3 aromatic carbocycles. The van der Waals surface area contributed by atoms with Gasteiger partial charge in [-0.2, -0.15) is 0 Å². The lowest BCUT2D eigenvalue weighted by Crippen LogP contribution is -2.14. The van der Waals surface area contributed by atoms with E-state index < -0.39 is 0 Å². The summed E-state index contributed by atoms with van der Waals surface area (Å²) in [7, 11) is 0. The lowest BCUT2D eigenvalue weighted by molar-refractivity contribution is 0.663. The average molecular weight is 218 g/mol. The number of rotatable bonds is 0. The lowest BCUT2D eigenvalue weighted by atomic mass is 9.82. The molecule has 4 rings (SSSR count). The average Bonchev–Trinajstić information content (AvgIpc) is 2.59. The summed E-state index contributed by atoms with van der Waals surface area (Å²) in [5.74, 6) is 0. The van der Waals surface area contributed by atoms with Crippen LogP contribution in [0.4, 0.5) is 0 Å². The van der Waals surface area contributed by atoms with Crippen LogP contribution in [0.5, 0.6) is 0 Å². The largest absolute Gasteiger partial charge is 0.0613 e. The predicted molar refractivity (Wildman–Crippen MR) is 73.6 cm³/mol. The standard InChI is InChI=1S/C17H14/c1-17(2)13-7-3-5-11-9-10-12-6-4-8-14(17)16(12)15(11)13/h3-10H,1-2H3. The maximum Gasteiger partial charge on any atom is 0.0159 e. The molecular weight excluding hydrogens is 204 g/mol. The Morgan fingerprint density at radius 3 is 1.59 bits per heavy atom. The van der Waals surface area contributed by atoms with E-state index in [1.54, 1.807) is 0 Å². The Bertz CT molecular complexity index is 699. The summed E-state index contributed by atoms with van der Waals surface area (Å²) in [6.07, 6.45) is 0.